The number of hydrogen-bond acceptors (Lipinski definition) is 1. The van der Waals surface area contributed by atoms with E-state index in [1.54, 1.807) is 6.07 Å². The first-order chi connectivity index (χ1) is 3.41. The summed E-state index contributed by atoms with van der Waals surface area (Å²) in [5.41, 5.74) is 0. The standard InChI is InChI=1S/C5H6FN/c6-4-2-1-3-5-7/h1,3H,2,4H2/b3-1+. The molecule has 0 aromatic heterocycles. The lowest BCUT2D eigenvalue weighted by Crippen LogP contribution is -1.64. The molecule has 0 aliphatic rings. The molecular weight excluding hydrogens is 93.1 g/mol. The topological polar surface area (TPSA) is 23.8 Å². The molecule has 0 fully saturated rings. The number of allylic oxidation sites excluding steroid dienone is 2. The van der Waals surface area contributed by atoms with E-state index in [1.807, 2.05) is 0 Å². The number of nitrogens with zero attached hydrogens (tertiary/aromatic N) is 1. The van der Waals surface area contributed by atoms with Crippen molar-refractivity contribution in [3.05, 3.63) is 12.2 Å². The van der Waals surface area contributed by atoms with Gasteiger partial charge in [0.25, 0.3) is 0 Å². The number of alkyl halides is 1. The molecule has 38 valence electrons. The highest BCUT2D eigenvalue weighted by Gasteiger charge is 1.70. The molecular formula is C5H6FN. The predicted molar refractivity (Wildman–Crippen MR) is 25.3 cm³/mol. The first-order valence-corrected chi connectivity index (χ1v) is 2.02. The predicted octanol–water partition coefficient (Wildman–Crippen LogP) is 1.43. The van der Waals surface area contributed by atoms with Crippen molar-refractivity contribution in [2.45, 2.75) is 6.42 Å². The van der Waals surface area contributed by atoms with E-state index >= 15 is 0 Å². The molecule has 0 N–H and O–H groups in total. The number of rotatable bonds is 2. The largest absolute Gasteiger partial charge is 0.251 e. The molecule has 0 aromatic rings. The van der Waals surface area contributed by atoms with E-state index in [-0.39, 0.29) is 6.67 Å². The molecule has 7 heavy (non-hydrogen) atoms. The Balaban J connectivity index is 2.97. The van der Waals surface area contributed by atoms with Crippen LogP contribution in [0.1, 0.15) is 6.42 Å². The van der Waals surface area contributed by atoms with E-state index in [0.29, 0.717) is 6.42 Å². The van der Waals surface area contributed by atoms with Gasteiger partial charge in [-0.2, -0.15) is 5.26 Å². The second-order valence-corrected chi connectivity index (χ2v) is 1.01. The van der Waals surface area contributed by atoms with Gasteiger partial charge in [-0.1, -0.05) is 6.08 Å². The van der Waals surface area contributed by atoms with Crippen LogP contribution in [0.5, 0.6) is 0 Å². The van der Waals surface area contributed by atoms with Crippen LogP contribution in [-0.4, -0.2) is 6.67 Å². The lowest BCUT2D eigenvalue weighted by Gasteiger charge is -1.72. The van der Waals surface area contributed by atoms with Crippen LogP contribution >= 0.6 is 0 Å². The van der Waals surface area contributed by atoms with Crippen molar-refractivity contribution in [2.75, 3.05) is 6.67 Å². The Hall–Kier alpha value is -0.840. The zero-order valence-corrected chi connectivity index (χ0v) is 3.89. The molecule has 0 saturated carbocycles. The molecule has 0 aliphatic heterocycles. The molecule has 0 unspecified atom stereocenters. The summed E-state index contributed by atoms with van der Waals surface area (Å²) in [6.07, 6.45) is 3.13. The quantitative estimate of drug-likeness (QED) is 0.480. The Morgan fingerprint density at radius 3 is 2.86 bits per heavy atom. The third kappa shape index (κ3) is 5.16. The fraction of sp³-hybridized carbons (Fsp3) is 0.400. The molecule has 0 aromatic carbocycles. The second kappa shape index (κ2) is 5.16. The molecule has 0 radical (unpaired) electrons. The van der Waals surface area contributed by atoms with Crippen molar-refractivity contribution in [3.63, 3.8) is 0 Å². The van der Waals surface area contributed by atoms with Crippen molar-refractivity contribution >= 4 is 0 Å². The molecule has 0 aliphatic carbocycles. The third-order valence-corrected chi connectivity index (χ3v) is 0.468. The van der Waals surface area contributed by atoms with E-state index in [0.717, 1.165) is 0 Å². The fourth-order valence-electron chi connectivity index (χ4n) is 0.199. The summed E-state index contributed by atoms with van der Waals surface area (Å²) >= 11 is 0. The summed E-state index contributed by atoms with van der Waals surface area (Å²) in [5, 5.41) is 7.83. The molecule has 0 bridgehead atoms. The lowest BCUT2D eigenvalue weighted by atomic mass is 10.4. The fourth-order valence-corrected chi connectivity index (χ4v) is 0.199. The van der Waals surface area contributed by atoms with Crippen LogP contribution in [0, 0.1) is 11.3 Å². The van der Waals surface area contributed by atoms with Crippen LogP contribution < -0.4 is 0 Å². The summed E-state index contributed by atoms with van der Waals surface area (Å²) in [6, 6.07) is 1.76. The van der Waals surface area contributed by atoms with Crippen LogP contribution in [-0.2, 0) is 0 Å². The highest BCUT2D eigenvalue weighted by molar-refractivity contribution is 5.01. The SMILES string of the molecule is N#C/C=C/CCF. The maximum absolute atomic E-state index is 11.2. The van der Waals surface area contributed by atoms with Crippen LogP contribution in [0.2, 0.25) is 0 Å². The molecule has 1 nitrogen and oxygen atoms in total. The summed E-state index contributed by atoms with van der Waals surface area (Å²) < 4.78 is 11.2. The maximum atomic E-state index is 11.2. The maximum Gasteiger partial charge on any atom is 0.0929 e. The normalized spacial score (nSPS) is 9.14. The van der Waals surface area contributed by atoms with Gasteiger partial charge in [0.1, 0.15) is 0 Å². The van der Waals surface area contributed by atoms with Gasteiger partial charge in [-0.05, 0) is 6.42 Å². The first kappa shape index (κ1) is 6.16. The van der Waals surface area contributed by atoms with E-state index in [9.17, 15) is 4.39 Å². The first-order valence-electron chi connectivity index (χ1n) is 2.02. The Kier molecular flexibility index (Phi) is 4.54. The molecule has 0 spiro atoms. The Morgan fingerprint density at radius 1 is 1.71 bits per heavy atom. The summed E-state index contributed by atoms with van der Waals surface area (Å²) in [5.74, 6) is 0. The highest BCUT2D eigenvalue weighted by Crippen LogP contribution is 1.80. The van der Waals surface area contributed by atoms with Crippen molar-refractivity contribution in [2.24, 2.45) is 0 Å². The van der Waals surface area contributed by atoms with Gasteiger partial charge in [-0.15, -0.1) is 0 Å². The van der Waals surface area contributed by atoms with E-state index in [4.69, 9.17) is 5.26 Å². The molecule has 0 rings (SSSR count). The Morgan fingerprint density at radius 2 is 2.43 bits per heavy atom. The molecule has 0 heterocycles. The molecule has 2 heteroatoms. The molecule has 0 atom stereocenters. The second-order valence-electron chi connectivity index (χ2n) is 1.01. The summed E-state index contributed by atoms with van der Waals surface area (Å²) in [7, 11) is 0. The lowest BCUT2D eigenvalue weighted by molar-refractivity contribution is 0.501. The summed E-state index contributed by atoms with van der Waals surface area (Å²) in [4.78, 5) is 0. The van der Waals surface area contributed by atoms with Crippen molar-refractivity contribution in [3.8, 4) is 6.07 Å². The van der Waals surface area contributed by atoms with Gasteiger partial charge in [0.15, 0.2) is 0 Å². The third-order valence-electron chi connectivity index (χ3n) is 0.468. The van der Waals surface area contributed by atoms with Crippen LogP contribution in [0.25, 0.3) is 0 Å². The number of halogens is 1. The average Bonchev–Trinajstić information content (AvgIpc) is 1.69. The molecule has 0 amide bonds. The zero-order valence-electron chi connectivity index (χ0n) is 3.89. The number of hydrogen-bond donors (Lipinski definition) is 0. The van der Waals surface area contributed by atoms with E-state index < -0.39 is 0 Å². The van der Waals surface area contributed by atoms with Gasteiger partial charge in [0.2, 0.25) is 0 Å². The smallest absolute Gasteiger partial charge is 0.0929 e. The molecule has 0 saturated heterocycles. The van der Waals surface area contributed by atoms with Crippen LogP contribution in [0.3, 0.4) is 0 Å². The van der Waals surface area contributed by atoms with Crippen LogP contribution in [0.15, 0.2) is 12.2 Å². The highest BCUT2D eigenvalue weighted by atomic mass is 19.1. The van der Waals surface area contributed by atoms with Crippen molar-refractivity contribution in [1.82, 2.24) is 0 Å². The minimum absolute atomic E-state index is 0.355. The Bertz CT molecular complexity index is 90.7. The van der Waals surface area contributed by atoms with Crippen LogP contribution in [0.4, 0.5) is 4.39 Å². The van der Waals surface area contributed by atoms with Gasteiger partial charge >= 0.3 is 0 Å². The van der Waals surface area contributed by atoms with E-state index in [1.165, 1.54) is 12.2 Å². The summed E-state index contributed by atoms with van der Waals surface area (Å²) in [6.45, 7) is -0.377. The Labute approximate surface area is 42.1 Å². The van der Waals surface area contributed by atoms with Gasteiger partial charge in [0.05, 0.1) is 12.7 Å². The monoisotopic (exact) mass is 99.0 g/mol. The minimum atomic E-state index is -0.377. The number of nitriles is 1. The average molecular weight is 99.1 g/mol. The van der Waals surface area contributed by atoms with Gasteiger partial charge in [-0.25, -0.2) is 0 Å². The van der Waals surface area contributed by atoms with Gasteiger partial charge in [0, 0.05) is 6.08 Å². The van der Waals surface area contributed by atoms with E-state index in [2.05, 4.69) is 0 Å². The minimum Gasteiger partial charge on any atom is -0.251 e. The van der Waals surface area contributed by atoms with Gasteiger partial charge < -0.3 is 0 Å². The van der Waals surface area contributed by atoms with Crippen molar-refractivity contribution in [1.29, 1.82) is 5.26 Å². The van der Waals surface area contributed by atoms with Crippen molar-refractivity contribution < 1.29 is 4.39 Å². The zero-order chi connectivity index (χ0) is 5.54. The van der Waals surface area contributed by atoms with Gasteiger partial charge in [-0.3, -0.25) is 4.39 Å².